The van der Waals surface area contributed by atoms with Crippen LogP contribution in [-0.4, -0.2) is 35.3 Å². The van der Waals surface area contributed by atoms with Crippen LogP contribution in [0, 0.1) is 0 Å². The minimum atomic E-state index is -1.03. The fourth-order valence-electron chi connectivity index (χ4n) is 2.14. The molecule has 98 valence electrons. The van der Waals surface area contributed by atoms with Crippen molar-refractivity contribution < 1.29 is 14.6 Å². The van der Waals surface area contributed by atoms with Crippen LogP contribution in [-0.2, 0) is 4.74 Å². The van der Waals surface area contributed by atoms with Crippen molar-refractivity contribution in [3.63, 3.8) is 0 Å². The van der Waals surface area contributed by atoms with Crippen LogP contribution in [0.5, 0.6) is 0 Å². The third-order valence-corrected chi connectivity index (χ3v) is 3.43. The maximum atomic E-state index is 10.8. The maximum Gasteiger partial charge on any atom is 0.337 e. The summed E-state index contributed by atoms with van der Waals surface area (Å²) >= 11 is 6.00. The number of carbonyl (C=O) groups is 1. The molecule has 1 aromatic heterocycles. The molecule has 18 heavy (non-hydrogen) atoms. The molecule has 2 N–H and O–H groups in total. The molecule has 2 rings (SSSR count). The molecule has 1 aromatic rings. The third-order valence-electron chi connectivity index (χ3n) is 3.15. The van der Waals surface area contributed by atoms with Crippen molar-refractivity contribution >= 4 is 23.4 Å². The largest absolute Gasteiger partial charge is 0.478 e. The molecule has 0 bridgehead atoms. The van der Waals surface area contributed by atoms with Crippen LogP contribution in [0.25, 0.3) is 0 Å². The first-order valence-electron chi connectivity index (χ1n) is 5.78. The van der Waals surface area contributed by atoms with Gasteiger partial charge in [-0.15, -0.1) is 0 Å². The van der Waals surface area contributed by atoms with Gasteiger partial charge in [0.25, 0.3) is 0 Å². The van der Waals surface area contributed by atoms with Gasteiger partial charge in [0.2, 0.25) is 0 Å². The monoisotopic (exact) mass is 270 g/mol. The number of nitrogens with one attached hydrogen (secondary N) is 1. The minimum absolute atomic E-state index is 0.0896. The number of pyridine rings is 1. The summed E-state index contributed by atoms with van der Waals surface area (Å²) < 4.78 is 5.29. The maximum absolute atomic E-state index is 10.8. The summed E-state index contributed by atoms with van der Waals surface area (Å²) in [5.74, 6) is -0.500. The van der Waals surface area contributed by atoms with Gasteiger partial charge in [-0.25, -0.2) is 9.78 Å². The molecule has 5 nitrogen and oxygen atoms in total. The van der Waals surface area contributed by atoms with E-state index < -0.39 is 5.97 Å². The van der Waals surface area contributed by atoms with Crippen LogP contribution in [0.15, 0.2) is 12.3 Å². The Balaban J connectivity index is 2.04. The van der Waals surface area contributed by atoms with Gasteiger partial charge in [-0.1, -0.05) is 11.6 Å². The second-order valence-electron chi connectivity index (χ2n) is 4.37. The normalized spacial score (nSPS) is 23.0. The molecule has 0 aliphatic heterocycles. The highest BCUT2D eigenvalue weighted by molar-refractivity contribution is 6.33. The molecule has 0 spiro atoms. The molecule has 2 atom stereocenters. The van der Waals surface area contributed by atoms with Gasteiger partial charge in [-0.2, -0.15) is 0 Å². The highest BCUT2D eigenvalue weighted by Crippen LogP contribution is 2.27. The Morgan fingerprint density at radius 2 is 2.39 bits per heavy atom. The fourth-order valence-corrected chi connectivity index (χ4v) is 2.36. The zero-order valence-corrected chi connectivity index (χ0v) is 10.8. The Morgan fingerprint density at radius 1 is 1.61 bits per heavy atom. The quantitative estimate of drug-likeness (QED) is 0.879. The van der Waals surface area contributed by atoms with E-state index in [0.29, 0.717) is 10.8 Å². The zero-order valence-electron chi connectivity index (χ0n) is 10.0. The van der Waals surface area contributed by atoms with Crippen LogP contribution in [0.4, 0.5) is 5.82 Å². The highest BCUT2D eigenvalue weighted by atomic mass is 35.5. The first-order chi connectivity index (χ1) is 8.60. The van der Waals surface area contributed by atoms with Gasteiger partial charge in [0.1, 0.15) is 5.82 Å². The fraction of sp³-hybridized carbons (Fsp3) is 0.500. The Morgan fingerprint density at radius 3 is 2.94 bits per heavy atom. The lowest BCUT2D eigenvalue weighted by atomic mass is 10.2. The van der Waals surface area contributed by atoms with E-state index in [9.17, 15) is 4.79 Å². The molecule has 0 amide bonds. The van der Waals surface area contributed by atoms with Gasteiger partial charge >= 0.3 is 5.97 Å². The van der Waals surface area contributed by atoms with E-state index >= 15 is 0 Å². The topological polar surface area (TPSA) is 71.5 Å². The predicted octanol–water partition coefficient (Wildman–Crippen LogP) is 2.41. The summed E-state index contributed by atoms with van der Waals surface area (Å²) in [5.41, 5.74) is 0.0896. The summed E-state index contributed by atoms with van der Waals surface area (Å²) in [7, 11) is 1.71. The standard InChI is InChI=1S/C12H15ClN2O3/c1-18-9-3-2-8(5-9)15-11-10(13)4-7(6-14-11)12(16)17/h4,6,8-9H,2-3,5H2,1H3,(H,14,15)(H,16,17). The lowest BCUT2D eigenvalue weighted by Crippen LogP contribution is -2.18. The van der Waals surface area contributed by atoms with E-state index in [-0.39, 0.29) is 17.7 Å². The van der Waals surface area contributed by atoms with E-state index in [1.807, 2.05) is 0 Å². The number of anilines is 1. The number of hydrogen-bond donors (Lipinski definition) is 2. The molecule has 1 aliphatic carbocycles. The number of aromatic nitrogens is 1. The van der Waals surface area contributed by atoms with E-state index in [1.54, 1.807) is 7.11 Å². The number of carboxylic acids is 1. The van der Waals surface area contributed by atoms with Crippen molar-refractivity contribution in [2.45, 2.75) is 31.4 Å². The molecule has 1 heterocycles. The van der Waals surface area contributed by atoms with Crippen LogP contribution >= 0.6 is 11.6 Å². The van der Waals surface area contributed by atoms with Gasteiger partial charge in [-0.05, 0) is 25.3 Å². The molecule has 1 fully saturated rings. The predicted molar refractivity (Wildman–Crippen MR) is 68.3 cm³/mol. The number of ether oxygens (including phenoxy) is 1. The van der Waals surface area contributed by atoms with Crippen LogP contribution in [0.2, 0.25) is 5.02 Å². The summed E-state index contributed by atoms with van der Waals surface area (Å²) in [6.07, 6.45) is 4.50. The van der Waals surface area contributed by atoms with Crippen molar-refractivity contribution in [3.05, 3.63) is 22.8 Å². The van der Waals surface area contributed by atoms with Gasteiger partial charge in [0.05, 0.1) is 16.7 Å². The van der Waals surface area contributed by atoms with Crippen LogP contribution in [0.3, 0.4) is 0 Å². The smallest absolute Gasteiger partial charge is 0.337 e. The Bertz CT molecular complexity index is 453. The third kappa shape index (κ3) is 2.91. The number of rotatable bonds is 4. The number of carboxylic acid groups (broad SMARTS) is 1. The summed E-state index contributed by atoms with van der Waals surface area (Å²) in [5, 5.41) is 12.4. The number of hydrogen-bond acceptors (Lipinski definition) is 4. The van der Waals surface area contributed by atoms with Gasteiger partial charge in [0.15, 0.2) is 0 Å². The molecule has 2 unspecified atom stereocenters. The first-order valence-corrected chi connectivity index (χ1v) is 6.16. The second-order valence-corrected chi connectivity index (χ2v) is 4.78. The number of aromatic carboxylic acids is 1. The lowest BCUT2D eigenvalue weighted by molar-refractivity contribution is 0.0696. The SMILES string of the molecule is COC1CCC(Nc2ncc(C(=O)O)cc2Cl)C1. The molecule has 0 saturated heterocycles. The van der Waals surface area contributed by atoms with E-state index in [0.717, 1.165) is 19.3 Å². The Kier molecular flexibility index (Phi) is 4.04. The highest BCUT2D eigenvalue weighted by Gasteiger charge is 2.25. The number of halogens is 1. The molecule has 0 aromatic carbocycles. The summed E-state index contributed by atoms with van der Waals surface area (Å²) in [6.45, 7) is 0. The molecule has 1 saturated carbocycles. The van der Waals surface area contributed by atoms with Crippen molar-refractivity contribution in [2.24, 2.45) is 0 Å². The molecule has 6 heteroatoms. The van der Waals surface area contributed by atoms with E-state index in [1.165, 1.54) is 12.3 Å². The number of methoxy groups -OCH3 is 1. The van der Waals surface area contributed by atoms with Gasteiger partial charge in [-0.3, -0.25) is 0 Å². The minimum Gasteiger partial charge on any atom is -0.478 e. The van der Waals surface area contributed by atoms with E-state index in [4.69, 9.17) is 21.4 Å². The van der Waals surface area contributed by atoms with E-state index in [2.05, 4.69) is 10.3 Å². The average molecular weight is 271 g/mol. The Labute approximate surface area is 110 Å². The molecule has 0 radical (unpaired) electrons. The number of nitrogens with zero attached hydrogens (tertiary/aromatic N) is 1. The summed E-state index contributed by atoms with van der Waals surface area (Å²) in [4.78, 5) is 14.8. The zero-order chi connectivity index (χ0) is 13.1. The molecule has 1 aliphatic rings. The lowest BCUT2D eigenvalue weighted by Gasteiger charge is -2.14. The first kappa shape index (κ1) is 13.1. The van der Waals surface area contributed by atoms with Crippen molar-refractivity contribution in [1.29, 1.82) is 0 Å². The van der Waals surface area contributed by atoms with Crippen LogP contribution < -0.4 is 5.32 Å². The van der Waals surface area contributed by atoms with Gasteiger partial charge < -0.3 is 15.2 Å². The van der Waals surface area contributed by atoms with Crippen molar-refractivity contribution in [3.8, 4) is 0 Å². The van der Waals surface area contributed by atoms with Crippen molar-refractivity contribution in [2.75, 3.05) is 12.4 Å². The summed E-state index contributed by atoms with van der Waals surface area (Å²) in [6, 6.07) is 1.68. The molecular weight excluding hydrogens is 256 g/mol. The molecular formula is C12H15ClN2O3. The second kappa shape index (κ2) is 5.54. The Hall–Kier alpha value is -1.33. The van der Waals surface area contributed by atoms with Crippen molar-refractivity contribution in [1.82, 2.24) is 4.98 Å². The van der Waals surface area contributed by atoms with Gasteiger partial charge in [0, 0.05) is 19.3 Å². The van der Waals surface area contributed by atoms with Crippen LogP contribution in [0.1, 0.15) is 29.6 Å². The average Bonchev–Trinajstić information content (AvgIpc) is 2.79.